The van der Waals surface area contributed by atoms with Crippen molar-refractivity contribution in [2.45, 2.75) is 0 Å². The van der Waals surface area contributed by atoms with Crippen LogP contribution in [0.25, 0.3) is 0 Å². The van der Waals surface area contributed by atoms with Gasteiger partial charge in [0.2, 0.25) is 16.2 Å². The van der Waals surface area contributed by atoms with E-state index in [9.17, 15) is 13.6 Å². The van der Waals surface area contributed by atoms with Gasteiger partial charge in [-0.3, -0.25) is 4.72 Å². The van der Waals surface area contributed by atoms with Gasteiger partial charge in [0.1, 0.15) is 5.69 Å². The summed E-state index contributed by atoms with van der Waals surface area (Å²) in [6.07, 6.45) is 3.43. The first-order valence-corrected chi connectivity index (χ1v) is 5.03. The lowest BCUT2D eigenvalue weighted by Crippen LogP contribution is -2.25. The molecule has 0 aliphatic rings. The number of sulfonamides is 1. The van der Waals surface area contributed by atoms with Gasteiger partial charge in [0, 0.05) is 6.07 Å². The molecule has 1 N–H and O–H groups in total. The van der Waals surface area contributed by atoms with Crippen LogP contribution in [-0.2, 0) is 10.0 Å². The molecule has 0 saturated carbocycles. The molecule has 0 unspecified atom stereocenters. The van der Waals surface area contributed by atoms with Crippen LogP contribution in [0, 0.1) is 5.21 Å². The van der Waals surface area contributed by atoms with Gasteiger partial charge in [-0.15, -0.1) is 0 Å². The average Bonchev–Trinajstić information content (AvgIpc) is 1.82. The minimum absolute atomic E-state index is 0.259. The van der Waals surface area contributed by atoms with E-state index in [0.717, 1.165) is 12.5 Å². The molecule has 0 radical (unpaired) electrons. The molecule has 1 aromatic rings. The minimum atomic E-state index is -3.30. The Morgan fingerprint density at radius 2 is 2.25 bits per heavy atom. The highest BCUT2D eigenvalue weighted by molar-refractivity contribution is 7.92. The Kier molecular flexibility index (Phi) is 2.18. The van der Waals surface area contributed by atoms with Gasteiger partial charge < -0.3 is 5.21 Å². The third-order valence-electron chi connectivity index (χ3n) is 1.08. The van der Waals surface area contributed by atoms with E-state index in [-0.39, 0.29) is 5.69 Å². The number of hydrogen-bond acceptors (Lipinski definition) is 3. The van der Waals surface area contributed by atoms with E-state index < -0.39 is 10.0 Å². The summed E-state index contributed by atoms with van der Waals surface area (Å²) in [5.41, 5.74) is 0.259. The van der Waals surface area contributed by atoms with E-state index in [1.807, 2.05) is 0 Å². The van der Waals surface area contributed by atoms with Crippen molar-refractivity contribution in [3.8, 4) is 0 Å². The zero-order valence-corrected chi connectivity index (χ0v) is 7.21. The summed E-state index contributed by atoms with van der Waals surface area (Å²) in [6, 6.07) is 2.95. The highest BCUT2D eigenvalue weighted by atomic mass is 32.2. The van der Waals surface area contributed by atoms with Crippen LogP contribution in [0.5, 0.6) is 0 Å². The van der Waals surface area contributed by atoms with E-state index in [1.165, 1.54) is 18.3 Å². The molecule has 12 heavy (non-hydrogen) atoms. The van der Waals surface area contributed by atoms with Crippen LogP contribution >= 0.6 is 0 Å². The molecule has 0 aromatic carbocycles. The first kappa shape index (κ1) is 8.79. The first-order valence-electron chi connectivity index (χ1n) is 3.14. The quantitative estimate of drug-likeness (QED) is 0.511. The Morgan fingerprint density at radius 3 is 2.75 bits per heavy atom. The smallest absolute Gasteiger partial charge is 0.230 e. The molecule has 1 heterocycles. The standard InChI is InChI=1S/C6H8N2O3S/c1-12(10,11)7-6-3-2-4-8(9)5-6/h2-5,7H,1H3. The maximum absolute atomic E-state index is 10.7. The van der Waals surface area contributed by atoms with Crippen molar-refractivity contribution < 1.29 is 13.1 Å². The largest absolute Gasteiger partial charge is 0.619 e. The Balaban J connectivity index is 2.91. The van der Waals surface area contributed by atoms with Crippen molar-refractivity contribution in [2.24, 2.45) is 0 Å². The maximum atomic E-state index is 10.7. The lowest BCUT2D eigenvalue weighted by Gasteiger charge is -2.01. The Hall–Kier alpha value is -1.30. The highest BCUT2D eigenvalue weighted by Crippen LogP contribution is 2.02. The van der Waals surface area contributed by atoms with Crippen LogP contribution in [0.15, 0.2) is 24.5 Å². The maximum Gasteiger partial charge on any atom is 0.230 e. The predicted octanol–water partition coefficient (Wildman–Crippen LogP) is -0.308. The van der Waals surface area contributed by atoms with Gasteiger partial charge >= 0.3 is 0 Å². The fraction of sp³-hybridized carbons (Fsp3) is 0.167. The zero-order chi connectivity index (χ0) is 9.19. The summed E-state index contributed by atoms with van der Waals surface area (Å²) in [7, 11) is -3.30. The topological polar surface area (TPSA) is 73.1 Å². The summed E-state index contributed by atoms with van der Waals surface area (Å²) in [6.45, 7) is 0. The molecule has 5 nitrogen and oxygen atoms in total. The van der Waals surface area contributed by atoms with Crippen LogP contribution < -0.4 is 9.45 Å². The molecule has 0 amide bonds. The van der Waals surface area contributed by atoms with Crippen LogP contribution in [0.2, 0.25) is 0 Å². The second-order valence-electron chi connectivity index (χ2n) is 2.33. The number of rotatable bonds is 2. The second kappa shape index (κ2) is 2.98. The highest BCUT2D eigenvalue weighted by Gasteiger charge is 2.02. The third kappa shape index (κ3) is 2.75. The molecule has 1 rings (SSSR count). The second-order valence-corrected chi connectivity index (χ2v) is 4.08. The number of anilines is 1. The molecule has 0 saturated heterocycles. The van der Waals surface area contributed by atoms with Gasteiger partial charge in [-0.25, -0.2) is 8.42 Å². The molecule has 0 fully saturated rings. The Bertz CT molecular complexity index is 374. The molecule has 1 aromatic heterocycles. The number of pyridine rings is 1. The average molecular weight is 188 g/mol. The van der Waals surface area contributed by atoms with E-state index in [2.05, 4.69) is 4.72 Å². The molecular weight excluding hydrogens is 180 g/mol. The summed E-state index contributed by atoms with van der Waals surface area (Å²) < 4.78 is 24.1. The van der Waals surface area contributed by atoms with Gasteiger partial charge in [0.25, 0.3) is 0 Å². The van der Waals surface area contributed by atoms with Gasteiger partial charge in [0.15, 0.2) is 6.20 Å². The Morgan fingerprint density at radius 1 is 1.58 bits per heavy atom. The first-order chi connectivity index (χ1) is 5.47. The number of nitrogens with one attached hydrogen (secondary N) is 1. The monoisotopic (exact) mass is 188 g/mol. The van der Waals surface area contributed by atoms with E-state index in [4.69, 9.17) is 0 Å². The lowest BCUT2D eigenvalue weighted by molar-refractivity contribution is -0.604. The van der Waals surface area contributed by atoms with Crippen LogP contribution in [-0.4, -0.2) is 14.7 Å². The van der Waals surface area contributed by atoms with Crippen molar-refractivity contribution in [1.29, 1.82) is 0 Å². The van der Waals surface area contributed by atoms with Gasteiger partial charge in [-0.2, -0.15) is 4.73 Å². The minimum Gasteiger partial charge on any atom is -0.619 e. The van der Waals surface area contributed by atoms with Gasteiger partial charge in [-0.05, 0) is 6.07 Å². The summed E-state index contributed by atoms with van der Waals surface area (Å²) >= 11 is 0. The molecule has 0 bridgehead atoms. The fourth-order valence-corrected chi connectivity index (χ4v) is 1.28. The van der Waals surface area contributed by atoms with Crippen LogP contribution in [0.3, 0.4) is 0 Å². The molecular formula is C6H8N2O3S. The van der Waals surface area contributed by atoms with E-state index in [1.54, 1.807) is 0 Å². The zero-order valence-electron chi connectivity index (χ0n) is 6.39. The van der Waals surface area contributed by atoms with E-state index in [0.29, 0.717) is 4.73 Å². The SMILES string of the molecule is CS(=O)(=O)Nc1ccc[n+]([O-])c1. The van der Waals surface area contributed by atoms with Crippen molar-refractivity contribution in [3.05, 3.63) is 29.7 Å². The summed E-state index contributed by atoms with van der Waals surface area (Å²) in [4.78, 5) is 0. The molecule has 0 spiro atoms. The summed E-state index contributed by atoms with van der Waals surface area (Å²) in [5.74, 6) is 0. The Labute approximate surface area is 70.3 Å². The normalized spacial score (nSPS) is 11.1. The van der Waals surface area contributed by atoms with E-state index >= 15 is 0 Å². The van der Waals surface area contributed by atoms with Gasteiger partial charge in [0.05, 0.1) is 6.26 Å². The molecule has 0 atom stereocenters. The van der Waals surface area contributed by atoms with Crippen molar-refractivity contribution >= 4 is 15.7 Å². The molecule has 0 aliphatic heterocycles. The molecule has 6 heteroatoms. The molecule has 66 valence electrons. The predicted molar refractivity (Wildman–Crippen MR) is 43.9 cm³/mol. The third-order valence-corrected chi connectivity index (χ3v) is 1.68. The number of nitrogens with zero attached hydrogens (tertiary/aromatic N) is 1. The summed E-state index contributed by atoms with van der Waals surface area (Å²) in [5, 5.41) is 10.7. The number of hydrogen-bond donors (Lipinski definition) is 1. The van der Waals surface area contributed by atoms with Crippen molar-refractivity contribution in [1.82, 2.24) is 0 Å². The van der Waals surface area contributed by atoms with Crippen molar-refractivity contribution in [3.63, 3.8) is 0 Å². The van der Waals surface area contributed by atoms with Crippen LogP contribution in [0.4, 0.5) is 5.69 Å². The lowest BCUT2D eigenvalue weighted by atomic mass is 10.4. The van der Waals surface area contributed by atoms with Crippen molar-refractivity contribution in [2.75, 3.05) is 11.0 Å². The van der Waals surface area contributed by atoms with Gasteiger partial charge in [-0.1, -0.05) is 0 Å². The van der Waals surface area contributed by atoms with Crippen LogP contribution in [0.1, 0.15) is 0 Å². The molecule has 0 aliphatic carbocycles. The number of aromatic nitrogens is 1. The fourth-order valence-electron chi connectivity index (χ4n) is 0.729.